The van der Waals surface area contributed by atoms with Crippen molar-refractivity contribution in [1.82, 2.24) is 9.97 Å². The Balaban J connectivity index is 2.26. The number of aromatic amines is 2. The lowest BCUT2D eigenvalue weighted by molar-refractivity contribution is -0.163. The zero-order valence-corrected chi connectivity index (χ0v) is 9.14. The number of H-pyrrole nitrogens is 2. The number of halogens is 4. The van der Waals surface area contributed by atoms with Crippen molar-refractivity contribution in [2.75, 3.05) is 5.32 Å². The first-order valence-corrected chi connectivity index (χ1v) is 5.00. The van der Waals surface area contributed by atoms with E-state index in [4.69, 9.17) is 0 Å². The molecule has 0 aliphatic carbocycles. The molecule has 0 saturated heterocycles. The highest BCUT2D eigenvalue weighted by molar-refractivity contribution is 5.97. The third-order valence-corrected chi connectivity index (χ3v) is 2.35. The highest BCUT2D eigenvalue weighted by atomic mass is 19.3. The van der Waals surface area contributed by atoms with Crippen molar-refractivity contribution in [3.05, 3.63) is 28.7 Å². The summed E-state index contributed by atoms with van der Waals surface area (Å²) in [7, 11) is 0. The van der Waals surface area contributed by atoms with Crippen LogP contribution in [0.3, 0.4) is 0 Å². The van der Waals surface area contributed by atoms with Crippen molar-refractivity contribution in [3.63, 3.8) is 0 Å². The number of carbonyl (C=O) groups is 1. The predicted octanol–water partition coefficient (Wildman–Crippen LogP) is 1.70. The second kappa shape index (κ2) is 4.41. The van der Waals surface area contributed by atoms with Crippen LogP contribution in [0.25, 0.3) is 11.0 Å². The van der Waals surface area contributed by atoms with Gasteiger partial charge in [-0.15, -0.1) is 0 Å². The second-order valence-electron chi connectivity index (χ2n) is 3.72. The maximum Gasteiger partial charge on any atom is 0.383 e. The van der Waals surface area contributed by atoms with E-state index in [0.717, 1.165) is 0 Å². The van der Waals surface area contributed by atoms with Crippen LogP contribution in [0, 0.1) is 0 Å². The Hall–Kier alpha value is -2.32. The number of benzene rings is 1. The molecule has 1 heterocycles. The number of rotatable bonds is 3. The molecule has 0 fully saturated rings. The molecule has 2 aromatic rings. The van der Waals surface area contributed by atoms with Gasteiger partial charge in [-0.2, -0.15) is 8.78 Å². The van der Waals surface area contributed by atoms with Crippen LogP contribution in [0.2, 0.25) is 0 Å². The number of imidazole rings is 1. The molecule has 1 aromatic heterocycles. The summed E-state index contributed by atoms with van der Waals surface area (Å²) in [5.41, 5.74) is -0.00348. The third-order valence-electron chi connectivity index (χ3n) is 2.35. The molecule has 1 amide bonds. The Morgan fingerprint density at radius 2 is 1.84 bits per heavy atom. The normalized spacial score (nSPS) is 12.1. The number of alkyl halides is 4. The van der Waals surface area contributed by atoms with Crippen LogP contribution < -0.4 is 11.0 Å². The van der Waals surface area contributed by atoms with E-state index in [2.05, 4.69) is 9.97 Å². The van der Waals surface area contributed by atoms with Crippen molar-refractivity contribution < 1.29 is 22.4 Å². The number of carbonyl (C=O) groups excluding carboxylic acids is 1. The second-order valence-corrected chi connectivity index (χ2v) is 3.72. The van der Waals surface area contributed by atoms with Crippen LogP contribution in [0.1, 0.15) is 0 Å². The van der Waals surface area contributed by atoms with Crippen molar-refractivity contribution in [2.24, 2.45) is 0 Å². The molecule has 0 atom stereocenters. The zero-order valence-electron chi connectivity index (χ0n) is 9.14. The summed E-state index contributed by atoms with van der Waals surface area (Å²) in [5, 5.41) is 1.66. The minimum atomic E-state index is -4.78. The van der Waals surface area contributed by atoms with Crippen LogP contribution in [0.15, 0.2) is 23.0 Å². The van der Waals surface area contributed by atoms with Crippen LogP contribution in [-0.4, -0.2) is 28.2 Å². The monoisotopic (exact) mass is 277 g/mol. The summed E-state index contributed by atoms with van der Waals surface area (Å²) in [6.45, 7) is 0. The fourth-order valence-electron chi connectivity index (χ4n) is 1.42. The van der Waals surface area contributed by atoms with Gasteiger partial charge < -0.3 is 15.3 Å². The maximum atomic E-state index is 12.7. The summed E-state index contributed by atoms with van der Waals surface area (Å²) in [5.74, 6) is -6.89. The van der Waals surface area contributed by atoms with Crippen molar-refractivity contribution in [1.29, 1.82) is 0 Å². The molecule has 1 aromatic carbocycles. The van der Waals surface area contributed by atoms with Crippen molar-refractivity contribution in [2.45, 2.75) is 12.3 Å². The smallest absolute Gasteiger partial charge is 0.321 e. The lowest BCUT2D eigenvalue weighted by Gasteiger charge is -2.14. The molecule has 0 aliphatic heterocycles. The lowest BCUT2D eigenvalue weighted by atomic mass is 10.2. The third kappa shape index (κ3) is 2.44. The molecule has 0 radical (unpaired) electrons. The van der Waals surface area contributed by atoms with Gasteiger partial charge in [-0.1, -0.05) is 0 Å². The van der Waals surface area contributed by atoms with Gasteiger partial charge in [0, 0.05) is 5.69 Å². The van der Waals surface area contributed by atoms with E-state index in [0.29, 0.717) is 5.52 Å². The molecule has 5 nitrogen and oxygen atoms in total. The number of nitrogens with one attached hydrogen (secondary N) is 3. The lowest BCUT2D eigenvalue weighted by Crippen LogP contribution is -2.40. The highest BCUT2D eigenvalue weighted by Crippen LogP contribution is 2.25. The van der Waals surface area contributed by atoms with E-state index in [1.54, 1.807) is 5.32 Å². The topological polar surface area (TPSA) is 77.8 Å². The van der Waals surface area contributed by atoms with E-state index in [1.165, 1.54) is 18.2 Å². The van der Waals surface area contributed by atoms with E-state index >= 15 is 0 Å². The molecule has 2 rings (SSSR count). The minimum Gasteiger partial charge on any atom is -0.321 e. The van der Waals surface area contributed by atoms with Crippen LogP contribution >= 0.6 is 0 Å². The molecule has 0 unspecified atom stereocenters. The van der Waals surface area contributed by atoms with Gasteiger partial charge in [-0.05, 0) is 18.2 Å². The van der Waals surface area contributed by atoms with Gasteiger partial charge in [0.15, 0.2) is 0 Å². The molecule has 19 heavy (non-hydrogen) atoms. The Kier molecular flexibility index (Phi) is 3.05. The quantitative estimate of drug-likeness (QED) is 0.747. The Morgan fingerprint density at radius 1 is 1.21 bits per heavy atom. The first kappa shape index (κ1) is 13.1. The molecule has 0 aliphatic rings. The average molecular weight is 277 g/mol. The van der Waals surface area contributed by atoms with Gasteiger partial charge in [0.2, 0.25) is 0 Å². The fourth-order valence-corrected chi connectivity index (χ4v) is 1.42. The van der Waals surface area contributed by atoms with Crippen LogP contribution in [0.4, 0.5) is 23.2 Å². The van der Waals surface area contributed by atoms with Crippen molar-refractivity contribution in [3.8, 4) is 0 Å². The predicted molar refractivity (Wildman–Crippen MR) is 58.5 cm³/mol. The maximum absolute atomic E-state index is 12.7. The van der Waals surface area contributed by atoms with Crippen LogP contribution in [-0.2, 0) is 4.79 Å². The molecule has 3 N–H and O–H groups in total. The standard InChI is InChI=1S/C10H7F4N3O2/c11-7(12)10(13,14)8(18)15-4-1-2-5-6(3-4)17-9(19)16-5/h1-3,7H,(H,15,18)(H2,16,17,19). The molecular formula is C10H7F4N3O2. The molecule has 0 bridgehead atoms. The first-order chi connectivity index (χ1) is 8.80. The van der Waals surface area contributed by atoms with E-state index < -0.39 is 23.9 Å². The molecule has 102 valence electrons. The Bertz CT molecular complexity index is 677. The van der Waals surface area contributed by atoms with Gasteiger partial charge in [-0.25, -0.2) is 13.6 Å². The zero-order chi connectivity index (χ0) is 14.2. The summed E-state index contributed by atoms with van der Waals surface area (Å²) in [6.07, 6.45) is -4.09. The summed E-state index contributed by atoms with van der Waals surface area (Å²) in [4.78, 5) is 26.7. The Morgan fingerprint density at radius 3 is 2.47 bits per heavy atom. The van der Waals surface area contributed by atoms with Gasteiger partial charge in [0.1, 0.15) is 0 Å². The number of anilines is 1. The number of amides is 1. The Labute approximate surface area is 102 Å². The average Bonchev–Trinajstić information content (AvgIpc) is 2.68. The number of hydrogen-bond acceptors (Lipinski definition) is 2. The summed E-state index contributed by atoms with van der Waals surface area (Å²) < 4.78 is 49.4. The largest absolute Gasteiger partial charge is 0.383 e. The molecule has 9 heteroatoms. The molecule has 0 spiro atoms. The number of hydrogen-bond donors (Lipinski definition) is 3. The van der Waals surface area contributed by atoms with E-state index in [9.17, 15) is 27.2 Å². The van der Waals surface area contributed by atoms with Gasteiger partial charge in [-0.3, -0.25) is 4.79 Å². The minimum absolute atomic E-state index is 0.131. The van der Waals surface area contributed by atoms with Gasteiger partial charge >= 0.3 is 23.9 Å². The first-order valence-electron chi connectivity index (χ1n) is 5.00. The fraction of sp³-hybridized carbons (Fsp3) is 0.200. The van der Waals surface area contributed by atoms with E-state index in [-0.39, 0.29) is 11.2 Å². The van der Waals surface area contributed by atoms with Crippen LogP contribution in [0.5, 0.6) is 0 Å². The van der Waals surface area contributed by atoms with Crippen molar-refractivity contribution >= 4 is 22.6 Å². The SMILES string of the molecule is O=C(Nc1ccc2[nH]c(=O)[nH]c2c1)C(F)(F)C(F)F. The van der Waals surface area contributed by atoms with Gasteiger partial charge in [0.05, 0.1) is 11.0 Å². The summed E-state index contributed by atoms with van der Waals surface area (Å²) >= 11 is 0. The molecular weight excluding hydrogens is 270 g/mol. The number of fused-ring (bicyclic) bond motifs is 1. The van der Waals surface area contributed by atoms with Gasteiger partial charge in [0.25, 0.3) is 0 Å². The molecule has 0 saturated carbocycles. The number of aromatic nitrogens is 2. The summed E-state index contributed by atoms with van der Waals surface area (Å²) in [6, 6.07) is 3.71. The van der Waals surface area contributed by atoms with E-state index in [1.807, 2.05) is 0 Å². The highest BCUT2D eigenvalue weighted by Gasteiger charge is 2.48.